The fourth-order valence-electron chi connectivity index (χ4n) is 3.03. The van der Waals surface area contributed by atoms with Crippen molar-refractivity contribution in [3.63, 3.8) is 0 Å². The van der Waals surface area contributed by atoms with Crippen molar-refractivity contribution in [2.24, 2.45) is 11.7 Å². The average molecular weight is 264 g/mol. The summed E-state index contributed by atoms with van der Waals surface area (Å²) in [6.45, 7) is 6.25. The van der Waals surface area contributed by atoms with Crippen molar-refractivity contribution in [1.82, 2.24) is 4.90 Å². The molecule has 1 aliphatic heterocycles. The normalized spacial score (nSPS) is 25.5. The van der Waals surface area contributed by atoms with Crippen LogP contribution in [0.3, 0.4) is 0 Å². The van der Waals surface area contributed by atoms with E-state index in [1.54, 1.807) is 13.2 Å². The Hall–Kier alpha value is -1.26. The summed E-state index contributed by atoms with van der Waals surface area (Å²) in [6.07, 6.45) is 1.16. The van der Waals surface area contributed by atoms with E-state index in [2.05, 4.69) is 18.7 Å². The molecule has 0 spiro atoms. The van der Waals surface area contributed by atoms with Crippen molar-refractivity contribution in [2.45, 2.75) is 32.4 Å². The number of rotatable bonds is 4. The first-order chi connectivity index (χ1) is 9.06. The fraction of sp³-hybridized carbons (Fsp3) is 0.600. The highest BCUT2D eigenvalue weighted by Gasteiger charge is 2.31. The molecule has 106 valence electrons. The molecule has 0 aliphatic carbocycles. The molecule has 1 aromatic carbocycles. The first-order valence-electron chi connectivity index (χ1n) is 6.89. The lowest BCUT2D eigenvalue weighted by Crippen LogP contribution is -2.30. The highest BCUT2D eigenvalue weighted by molar-refractivity contribution is 5.42. The summed E-state index contributed by atoms with van der Waals surface area (Å²) >= 11 is 0. The first kappa shape index (κ1) is 14.2. The molecule has 3 unspecified atom stereocenters. The number of nitrogens with two attached hydrogens (primary N) is 1. The third-order valence-electron chi connectivity index (χ3n) is 4.23. The fourth-order valence-corrected chi connectivity index (χ4v) is 3.03. The van der Waals surface area contributed by atoms with E-state index in [1.807, 2.05) is 12.1 Å². The molecule has 3 N–H and O–H groups in total. The van der Waals surface area contributed by atoms with Gasteiger partial charge in [0.05, 0.1) is 7.11 Å². The van der Waals surface area contributed by atoms with Crippen LogP contribution in [0.1, 0.15) is 31.9 Å². The third kappa shape index (κ3) is 2.85. The van der Waals surface area contributed by atoms with Gasteiger partial charge in [0.25, 0.3) is 0 Å². The Balaban J connectivity index is 2.17. The minimum atomic E-state index is 0.188. The predicted octanol–water partition coefficient (Wildman–Crippen LogP) is 2.13. The minimum Gasteiger partial charge on any atom is -0.504 e. The Morgan fingerprint density at radius 2 is 2.26 bits per heavy atom. The lowest BCUT2D eigenvalue weighted by Gasteiger charge is -2.29. The monoisotopic (exact) mass is 264 g/mol. The molecule has 19 heavy (non-hydrogen) atoms. The summed E-state index contributed by atoms with van der Waals surface area (Å²) in [5.41, 5.74) is 6.95. The number of ether oxygens (including phenoxy) is 1. The summed E-state index contributed by atoms with van der Waals surface area (Å²) in [5, 5.41) is 9.66. The lowest BCUT2D eigenvalue weighted by atomic mass is 10.1. The van der Waals surface area contributed by atoms with E-state index in [0.29, 0.717) is 23.8 Å². The molecule has 1 saturated heterocycles. The standard InChI is InChI=1S/C15H24N2O2/c1-10-6-12(8-16)9-17(10)11(2)13-4-5-14(18)15(7-13)19-3/h4-5,7,10-12,18H,6,8-9,16H2,1-3H3. The number of phenols is 1. The number of phenolic OH excluding ortho intramolecular Hbond substituents is 1. The van der Waals surface area contributed by atoms with Gasteiger partial charge in [-0.2, -0.15) is 0 Å². The van der Waals surface area contributed by atoms with Gasteiger partial charge in [-0.3, -0.25) is 4.90 Å². The highest BCUT2D eigenvalue weighted by Crippen LogP contribution is 2.35. The maximum Gasteiger partial charge on any atom is 0.160 e. The van der Waals surface area contributed by atoms with E-state index < -0.39 is 0 Å². The van der Waals surface area contributed by atoms with E-state index in [4.69, 9.17) is 10.5 Å². The van der Waals surface area contributed by atoms with Crippen molar-refractivity contribution in [3.05, 3.63) is 23.8 Å². The summed E-state index contributed by atoms with van der Waals surface area (Å²) in [7, 11) is 1.58. The number of hydrogen-bond donors (Lipinski definition) is 2. The van der Waals surface area contributed by atoms with E-state index in [1.165, 1.54) is 5.56 Å². The molecule has 0 bridgehead atoms. The number of methoxy groups -OCH3 is 1. The molecule has 0 radical (unpaired) electrons. The minimum absolute atomic E-state index is 0.188. The smallest absolute Gasteiger partial charge is 0.160 e. The van der Waals surface area contributed by atoms with Crippen LogP contribution in [0.2, 0.25) is 0 Å². The molecule has 4 heteroatoms. The molecule has 0 saturated carbocycles. The molecule has 0 amide bonds. The second-order valence-electron chi connectivity index (χ2n) is 5.49. The predicted molar refractivity (Wildman–Crippen MR) is 76.4 cm³/mol. The molecule has 1 heterocycles. The molecule has 4 nitrogen and oxygen atoms in total. The van der Waals surface area contributed by atoms with Gasteiger partial charge in [0.1, 0.15) is 0 Å². The zero-order valence-corrected chi connectivity index (χ0v) is 12.0. The van der Waals surface area contributed by atoms with Crippen molar-refractivity contribution in [3.8, 4) is 11.5 Å². The third-order valence-corrected chi connectivity index (χ3v) is 4.23. The number of benzene rings is 1. The van der Waals surface area contributed by atoms with Crippen LogP contribution in [0.15, 0.2) is 18.2 Å². The van der Waals surface area contributed by atoms with Gasteiger partial charge in [0.2, 0.25) is 0 Å². The maximum absolute atomic E-state index is 9.66. The van der Waals surface area contributed by atoms with Gasteiger partial charge < -0.3 is 15.6 Å². The second kappa shape index (κ2) is 5.80. The summed E-state index contributed by atoms with van der Waals surface area (Å²) in [4.78, 5) is 2.48. The van der Waals surface area contributed by atoms with Crippen molar-refractivity contribution >= 4 is 0 Å². The van der Waals surface area contributed by atoms with Crippen molar-refractivity contribution in [1.29, 1.82) is 0 Å². The van der Waals surface area contributed by atoms with Crippen LogP contribution < -0.4 is 10.5 Å². The van der Waals surface area contributed by atoms with Crippen molar-refractivity contribution < 1.29 is 9.84 Å². The molecule has 3 atom stereocenters. The van der Waals surface area contributed by atoms with Gasteiger partial charge in [-0.05, 0) is 50.4 Å². The Bertz CT molecular complexity index is 436. The van der Waals surface area contributed by atoms with E-state index in [9.17, 15) is 5.11 Å². The van der Waals surface area contributed by atoms with Gasteiger partial charge in [-0.15, -0.1) is 0 Å². The second-order valence-corrected chi connectivity index (χ2v) is 5.49. The number of nitrogens with zero attached hydrogens (tertiary/aromatic N) is 1. The Labute approximate surface area is 115 Å². The Morgan fingerprint density at radius 1 is 1.53 bits per heavy atom. The number of hydrogen-bond acceptors (Lipinski definition) is 4. The number of aromatic hydroxyl groups is 1. The van der Waals surface area contributed by atoms with Crippen LogP contribution in [0.4, 0.5) is 0 Å². The summed E-state index contributed by atoms with van der Waals surface area (Å²) in [6, 6.07) is 6.43. The Kier molecular flexibility index (Phi) is 4.32. The van der Waals surface area contributed by atoms with Gasteiger partial charge in [-0.1, -0.05) is 6.07 Å². The zero-order valence-electron chi connectivity index (χ0n) is 12.0. The van der Waals surface area contributed by atoms with Crippen LogP contribution in [-0.2, 0) is 0 Å². The summed E-state index contributed by atoms with van der Waals surface area (Å²) in [5.74, 6) is 1.32. The lowest BCUT2D eigenvalue weighted by molar-refractivity contribution is 0.200. The van der Waals surface area contributed by atoms with Gasteiger partial charge in [-0.25, -0.2) is 0 Å². The maximum atomic E-state index is 9.66. The molecular weight excluding hydrogens is 240 g/mol. The highest BCUT2D eigenvalue weighted by atomic mass is 16.5. The first-order valence-corrected chi connectivity index (χ1v) is 6.89. The SMILES string of the molecule is COc1cc(C(C)N2CC(CN)CC2C)ccc1O. The van der Waals surface area contributed by atoms with Gasteiger partial charge >= 0.3 is 0 Å². The van der Waals surface area contributed by atoms with Gasteiger partial charge in [0, 0.05) is 18.6 Å². The summed E-state index contributed by atoms with van der Waals surface area (Å²) < 4.78 is 5.18. The number of likely N-dealkylation sites (tertiary alicyclic amines) is 1. The zero-order chi connectivity index (χ0) is 14.0. The molecule has 1 aliphatic rings. The quantitative estimate of drug-likeness (QED) is 0.874. The molecule has 2 rings (SSSR count). The topological polar surface area (TPSA) is 58.7 Å². The van der Waals surface area contributed by atoms with Crippen molar-refractivity contribution in [2.75, 3.05) is 20.2 Å². The van der Waals surface area contributed by atoms with E-state index in [-0.39, 0.29) is 5.75 Å². The molecular formula is C15H24N2O2. The van der Waals surface area contributed by atoms with Crippen LogP contribution >= 0.6 is 0 Å². The molecule has 1 aromatic rings. The van der Waals surface area contributed by atoms with E-state index >= 15 is 0 Å². The average Bonchev–Trinajstić information content (AvgIpc) is 2.80. The largest absolute Gasteiger partial charge is 0.504 e. The molecule has 0 aromatic heterocycles. The van der Waals surface area contributed by atoms with Crippen LogP contribution in [0.5, 0.6) is 11.5 Å². The van der Waals surface area contributed by atoms with Gasteiger partial charge in [0.15, 0.2) is 11.5 Å². The van der Waals surface area contributed by atoms with Crippen LogP contribution in [-0.4, -0.2) is 36.2 Å². The Morgan fingerprint density at radius 3 is 2.84 bits per heavy atom. The van der Waals surface area contributed by atoms with Crippen LogP contribution in [0, 0.1) is 5.92 Å². The molecule has 1 fully saturated rings. The van der Waals surface area contributed by atoms with Crippen LogP contribution in [0.25, 0.3) is 0 Å². The van der Waals surface area contributed by atoms with E-state index in [0.717, 1.165) is 19.5 Å².